The number of hydrogen-bond acceptors (Lipinski definition) is 8. The molecule has 0 spiro atoms. The van der Waals surface area contributed by atoms with Crippen LogP contribution in [0, 0.1) is 17.1 Å². The minimum atomic E-state index is -0.513. The van der Waals surface area contributed by atoms with E-state index in [1.807, 2.05) is 36.4 Å². The monoisotopic (exact) mass is 638 g/mol. The van der Waals surface area contributed by atoms with Crippen LogP contribution in [0.15, 0.2) is 60.7 Å². The topological polar surface area (TPSA) is 108 Å². The summed E-state index contributed by atoms with van der Waals surface area (Å²) in [5.41, 5.74) is 5.86. The fourth-order valence-electron chi connectivity index (χ4n) is 5.87. The molecule has 1 saturated heterocycles. The maximum atomic E-state index is 14.4. The van der Waals surface area contributed by atoms with Gasteiger partial charge in [0.25, 0.3) is 0 Å². The van der Waals surface area contributed by atoms with Crippen molar-refractivity contribution in [3.8, 4) is 29.0 Å². The first-order valence-electron chi connectivity index (χ1n) is 14.9. The number of hydrogen-bond donors (Lipinski definition) is 0. The van der Waals surface area contributed by atoms with Crippen molar-refractivity contribution in [2.75, 3.05) is 20.3 Å². The van der Waals surface area contributed by atoms with Crippen LogP contribution >= 0.6 is 11.6 Å². The lowest BCUT2D eigenvalue weighted by Gasteiger charge is -2.27. The Morgan fingerprint density at radius 1 is 1.15 bits per heavy atom. The molecule has 3 aromatic carbocycles. The average Bonchev–Trinajstić information content (AvgIpc) is 3.67. The van der Waals surface area contributed by atoms with Gasteiger partial charge in [-0.25, -0.2) is 19.2 Å². The zero-order valence-corrected chi connectivity index (χ0v) is 25.6. The number of benzene rings is 3. The van der Waals surface area contributed by atoms with Gasteiger partial charge < -0.3 is 23.5 Å². The maximum Gasteiger partial charge on any atom is 0.337 e. The Bertz CT molecular complexity index is 2030. The first-order chi connectivity index (χ1) is 22.4. The minimum absolute atomic E-state index is 0.0453. The van der Waals surface area contributed by atoms with Gasteiger partial charge in [0.2, 0.25) is 5.88 Å². The normalized spacial score (nSPS) is 15.1. The molecular weight excluding hydrogens is 611 g/mol. The third-order valence-corrected chi connectivity index (χ3v) is 8.70. The van der Waals surface area contributed by atoms with Crippen LogP contribution in [-0.4, -0.2) is 46.9 Å². The molecule has 1 atom stereocenters. The molecule has 0 unspecified atom stereocenters. The van der Waals surface area contributed by atoms with E-state index in [2.05, 4.69) is 9.55 Å². The summed E-state index contributed by atoms with van der Waals surface area (Å²) in [4.78, 5) is 21.9. The summed E-state index contributed by atoms with van der Waals surface area (Å²) in [5, 5.41) is 9.55. The molecule has 2 aromatic heterocycles. The number of halogens is 2. The Balaban J connectivity index is 1.20. The zero-order valence-electron chi connectivity index (χ0n) is 24.9. The van der Waals surface area contributed by atoms with E-state index in [-0.39, 0.29) is 18.3 Å². The number of pyridine rings is 1. The fraction of sp³-hybridized carbons (Fsp3) is 0.257. The van der Waals surface area contributed by atoms with E-state index in [0.717, 1.165) is 46.6 Å². The lowest BCUT2D eigenvalue weighted by atomic mass is 9.97. The van der Waals surface area contributed by atoms with E-state index in [9.17, 15) is 9.18 Å². The van der Waals surface area contributed by atoms with Crippen LogP contribution in [0.1, 0.15) is 44.9 Å². The molecule has 2 aliphatic heterocycles. The van der Waals surface area contributed by atoms with Crippen LogP contribution in [0.25, 0.3) is 22.3 Å². The summed E-state index contributed by atoms with van der Waals surface area (Å²) in [7, 11) is 1.36. The average molecular weight is 639 g/mol. The van der Waals surface area contributed by atoms with Crippen LogP contribution in [0.2, 0.25) is 5.02 Å². The number of methoxy groups -OCH3 is 1. The molecule has 1 fully saturated rings. The highest BCUT2D eigenvalue weighted by molar-refractivity contribution is 6.32. The van der Waals surface area contributed by atoms with Crippen molar-refractivity contribution in [3.63, 3.8) is 0 Å². The molecule has 0 amide bonds. The Hall–Kier alpha value is -4.98. The number of esters is 1. The standard InChI is InChI=1S/C35H28ClFN4O5/c1-43-35(42)21-7-8-30-31(14-21)41(18-23-9-11-44-23)32(39-30)16-25-24-10-12-45-34(24)26(15-27(25)36)29-3-2-4-33(40-29)46-19-22-6-5-20(17-38)13-28(22)37/h2-8,13-15,23H,9-12,16,18-19H2,1H3/t23-/m0/s1. The van der Waals surface area contributed by atoms with Gasteiger partial charge in [-0.2, -0.15) is 5.26 Å². The molecule has 2 aliphatic rings. The van der Waals surface area contributed by atoms with Gasteiger partial charge in [-0.1, -0.05) is 23.7 Å². The van der Waals surface area contributed by atoms with Crippen LogP contribution < -0.4 is 9.47 Å². The third-order valence-electron chi connectivity index (χ3n) is 8.36. The van der Waals surface area contributed by atoms with Crippen molar-refractivity contribution >= 4 is 28.6 Å². The van der Waals surface area contributed by atoms with E-state index < -0.39 is 11.8 Å². The lowest BCUT2D eigenvalue weighted by molar-refractivity contribution is -0.0589. The van der Waals surface area contributed by atoms with Crippen molar-refractivity contribution in [2.24, 2.45) is 0 Å². The summed E-state index contributed by atoms with van der Waals surface area (Å²) in [6, 6.07) is 18.7. The summed E-state index contributed by atoms with van der Waals surface area (Å²) < 4.78 is 39.2. The molecule has 0 aliphatic carbocycles. The van der Waals surface area contributed by atoms with Gasteiger partial charge in [0.1, 0.15) is 24.0 Å². The maximum absolute atomic E-state index is 14.4. The van der Waals surface area contributed by atoms with E-state index in [1.165, 1.54) is 19.2 Å². The predicted molar refractivity (Wildman–Crippen MR) is 168 cm³/mol. The number of nitriles is 1. The predicted octanol–water partition coefficient (Wildman–Crippen LogP) is 6.44. The van der Waals surface area contributed by atoms with Gasteiger partial charge in [0.05, 0.1) is 60.3 Å². The highest BCUT2D eigenvalue weighted by Crippen LogP contribution is 2.43. The molecule has 5 aromatic rings. The van der Waals surface area contributed by atoms with Crippen LogP contribution in [0.3, 0.4) is 0 Å². The second-order valence-electron chi connectivity index (χ2n) is 11.2. The van der Waals surface area contributed by atoms with Crippen LogP contribution in [0.5, 0.6) is 11.6 Å². The van der Waals surface area contributed by atoms with Gasteiger partial charge >= 0.3 is 5.97 Å². The number of rotatable bonds is 9. The van der Waals surface area contributed by atoms with E-state index in [4.69, 9.17) is 40.8 Å². The Kier molecular flexibility index (Phi) is 8.03. The minimum Gasteiger partial charge on any atom is -0.492 e. The number of nitrogens with zero attached hydrogens (tertiary/aromatic N) is 4. The first-order valence-corrected chi connectivity index (χ1v) is 15.2. The second-order valence-corrected chi connectivity index (χ2v) is 11.6. The zero-order chi connectivity index (χ0) is 31.8. The van der Waals surface area contributed by atoms with E-state index in [0.29, 0.717) is 59.5 Å². The number of carbonyl (C=O) groups is 1. The molecule has 0 radical (unpaired) electrons. The summed E-state index contributed by atoms with van der Waals surface area (Å²) >= 11 is 7.01. The van der Waals surface area contributed by atoms with Crippen LogP contribution in [-0.2, 0) is 35.5 Å². The van der Waals surface area contributed by atoms with Gasteiger partial charge in [-0.15, -0.1) is 0 Å². The SMILES string of the molecule is COC(=O)c1ccc2nc(Cc3c(Cl)cc(-c4cccc(OCc5ccc(C#N)cc5F)n4)c4c3CCO4)n(C[C@@H]3CCO3)c2c1. The summed E-state index contributed by atoms with van der Waals surface area (Å²) in [6.45, 7) is 1.79. The molecular formula is C35H28ClFN4O5. The highest BCUT2D eigenvalue weighted by Gasteiger charge is 2.28. The second kappa shape index (κ2) is 12.4. The lowest BCUT2D eigenvalue weighted by Crippen LogP contribution is -2.31. The Morgan fingerprint density at radius 3 is 2.78 bits per heavy atom. The van der Waals surface area contributed by atoms with Gasteiger partial charge in [0, 0.05) is 47.2 Å². The van der Waals surface area contributed by atoms with Crippen molar-refractivity contribution in [2.45, 2.75) is 38.5 Å². The number of carbonyl (C=O) groups excluding carboxylic acids is 1. The summed E-state index contributed by atoms with van der Waals surface area (Å²) in [6.07, 6.45) is 2.14. The largest absolute Gasteiger partial charge is 0.492 e. The van der Waals surface area contributed by atoms with Crippen molar-refractivity contribution in [3.05, 3.63) is 105 Å². The molecule has 0 N–H and O–H groups in total. The number of ether oxygens (including phenoxy) is 4. The molecule has 232 valence electrons. The van der Waals surface area contributed by atoms with E-state index in [1.54, 1.807) is 18.2 Å². The molecule has 46 heavy (non-hydrogen) atoms. The molecule has 0 saturated carbocycles. The fourth-order valence-corrected chi connectivity index (χ4v) is 6.16. The number of imidazole rings is 1. The molecule has 7 rings (SSSR count). The molecule has 4 heterocycles. The molecule has 11 heteroatoms. The van der Waals surface area contributed by atoms with Crippen molar-refractivity contribution in [1.82, 2.24) is 14.5 Å². The van der Waals surface area contributed by atoms with Crippen molar-refractivity contribution < 1.29 is 28.1 Å². The highest BCUT2D eigenvalue weighted by atomic mass is 35.5. The quantitative estimate of drug-likeness (QED) is 0.170. The molecule has 9 nitrogen and oxygen atoms in total. The van der Waals surface area contributed by atoms with E-state index >= 15 is 0 Å². The first kappa shape index (κ1) is 29.7. The number of fused-ring (bicyclic) bond motifs is 2. The van der Waals surface area contributed by atoms with Crippen LogP contribution in [0.4, 0.5) is 4.39 Å². The number of aromatic nitrogens is 3. The van der Waals surface area contributed by atoms with Gasteiger partial charge in [0.15, 0.2) is 0 Å². The summed E-state index contributed by atoms with van der Waals surface area (Å²) in [5.74, 6) is 0.905. The Labute approximate surface area is 269 Å². The Morgan fingerprint density at radius 2 is 2.02 bits per heavy atom. The smallest absolute Gasteiger partial charge is 0.337 e. The van der Waals surface area contributed by atoms with Gasteiger partial charge in [-0.05, 0) is 54.4 Å². The van der Waals surface area contributed by atoms with Gasteiger partial charge in [-0.3, -0.25) is 0 Å². The third kappa shape index (κ3) is 5.64. The molecule has 0 bridgehead atoms. The van der Waals surface area contributed by atoms with Crippen molar-refractivity contribution in [1.29, 1.82) is 5.26 Å².